The number of halogens is 6. The summed E-state index contributed by atoms with van der Waals surface area (Å²) in [6.45, 7) is 0.694. The number of benzene rings is 2. The van der Waals surface area contributed by atoms with E-state index in [1.54, 1.807) is 6.07 Å². The van der Waals surface area contributed by atoms with Crippen molar-refractivity contribution in [2.45, 2.75) is 56.5 Å². The number of alkyl halides is 6. The van der Waals surface area contributed by atoms with Gasteiger partial charge in [-0.15, -0.1) is 5.06 Å². The Bertz CT molecular complexity index is 1410. The van der Waals surface area contributed by atoms with Crippen LogP contribution in [0.15, 0.2) is 36.4 Å². The Hall–Kier alpha value is -4.19. The number of hydroxylamine groups is 1. The van der Waals surface area contributed by atoms with E-state index in [0.29, 0.717) is 49.8 Å². The molecule has 4 rings (SSSR count). The quantitative estimate of drug-likeness (QED) is 0.337. The molecule has 2 amide bonds. The Labute approximate surface area is 242 Å². The van der Waals surface area contributed by atoms with Crippen LogP contribution in [0.25, 0.3) is 0 Å². The Balaban J connectivity index is 1.54. The number of nitrogens with zero attached hydrogens (tertiary/aromatic N) is 2. The van der Waals surface area contributed by atoms with Crippen molar-refractivity contribution < 1.29 is 50.2 Å². The van der Waals surface area contributed by atoms with Crippen molar-refractivity contribution in [3.63, 3.8) is 0 Å². The first-order chi connectivity index (χ1) is 20.2. The fraction of sp³-hybridized carbons (Fsp3) is 0.464. The van der Waals surface area contributed by atoms with Gasteiger partial charge in [0.2, 0.25) is 0 Å². The highest BCUT2D eigenvalue weighted by Gasteiger charge is 2.48. The van der Waals surface area contributed by atoms with Crippen molar-refractivity contribution in [3.8, 4) is 17.6 Å². The fourth-order valence-electron chi connectivity index (χ4n) is 5.78. The third kappa shape index (κ3) is 6.90. The Kier molecular flexibility index (Phi) is 9.00. The third-order valence-corrected chi connectivity index (χ3v) is 7.85. The molecule has 9 nitrogen and oxygen atoms in total. The first kappa shape index (κ1) is 31.7. The summed E-state index contributed by atoms with van der Waals surface area (Å²) in [6.07, 6.45) is -7.74. The van der Waals surface area contributed by atoms with Crippen molar-refractivity contribution in [2.24, 2.45) is 5.41 Å². The molecule has 0 spiro atoms. The van der Waals surface area contributed by atoms with E-state index in [2.05, 4.69) is 15.5 Å². The number of rotatable bonds is 6. The molecule has 1 saturated carbocycles. The lowest BCUT2D eigenvalue weighted by Crippen LogP contribution is -2.53. The van der Waals surface area contributed by atoms with Gasteiger partial charge in [0.05, 0.1) is 37.1 Å². The summed E-state index contributed by atoms with van der Waals surface area (Å²) >= 11 is 0. The van der Waals surface area contributed by atoms with Gasteiger partial charge >= 0.3 is 24.4 Å². The smallest absolute Gasteiger partial charge is 0.493 e. The zero-order valence-corrected chi connectivity index (χ0v) is 23.1. The molecule has 1 aliphatic carbocycles. The number of hydrogen-bond donors (Lipinski definition) is 2. The average molecular weight is 615 g/mol. The van der Waals surface area contributed by atoms with Gasteiger partial charge in [0.15, 0.2) is 11.5 Å². The molecule has 1 saturated heterocycles. The molecule has 0 bridgehead atoms. The second kappa shape index (κ2) is 12.2. The van der Waals surface area contributed by atoms with Crippen LogP contribution in [-0.2, 0) is 22.2 Å². The monoisotopic (exact) mass is 614 g/mol. The summed E-state index contributed by atoms with van der Waals surface area (Å²) in [6, 6.07) is 6.61. The predicted octanol–water partition coefficient (Wildman–Crippen LogP) is 5.27. The minimum Gasteiger partial charge on any atom is -0.493 e. The van der Waals surface area contributed by atoms with Gasteiger partial charge in [0, 0.05) is 12.1 Å². The highest BCUT2D eigenvalue weighted by molar-refractivity contribution is 5.93. The summed E-state index contributed by atoms with van der Waals surface area (Å²) in [5.74, 6) is -1.66. The number of fused-ring (bicyclic) bond motifs is 1. The first-order valence-electron chi connectivity index (χ1n) is 13.2. The Morgan fingerprint density at radius 3 is 2.42 bits per heavy atom. The van der Waals surface area contributed by atoms with Crippen molar-refractivity contribution >= 4 is 17.7 Å². The molecule has 0 aromatic heterocycles. The largest absolute Gasteiger partial charge is 0.493 e. The van der Waals surface area contributed by atoms with E-state index >= 15 is 0 Å². The number of methoxy groups -OCH3 is 2. The van der Waals surface area contributed by atoms with Crippen LogP contribution in [-0.4, -0.2) is 51.0 Å². The van der Waals surface area contributed by atoms with Crippen molar-refractivity contribution in [1.29, 1.82) is 5.26 Å². The highest BCUT2D eigenvalue weighted by atomic mass is 19.4. The van der Waals surface area contributed by atoms with Crippen LogP contribution in [0.4, 0.5) is 36.8 Å². The molecule has 232 valence electrons. The van der Waals surface area contributed by atoms with E-state index in [9.17, 15) is 35.9 Å². The summed E-state index contributed by atoms with van der Waals surface area (Å²) in [7, 11) is 3.06. The van der Waals surface area contributed by atoms with E-state index in [-0.39, 0.29) is 22.6 Å². The van der Waals surface area contributed by atoms with Gasteiger partial charge in [-0.05, 0) is 80.0 Å². The van der Waals surface area contributed by atoms with Crippen molar-refractivity contribution in [1.82, 2.24) is 10.6 Å². The molecule has 2 N–H and O–H groups in total. The number of amides is 2. The number of ether oxygens (including phenoxy) is 2. The van der Waals surface area contributed by atoms with Gasteiger partial charge in [-0.25, -0.2) is 9.59 Å². The van der Waals surface area contributed by atoms with Crippen LogP contribution in [0.1, 0.15) is 42.4 Å². The standard InChI is InChI=1S/C28H28F6N4O5/c1-41-21-6-3-16(11-22(21)42-2)14-26-8-7-18(12-23(26)36-10-9-26)37-25(40)38(43-24(39)28(32,33)34)19-5-4-17(15-35)20(13-19)27(29,30)31/h3-6,11,13,18,23,36H,7-10,12,14H2,1-2H3,(H,37,40)/t18-,23+,26-/m0/s1. The third-order valence-electron chi connectivity index (χ3n) is 7.85. The fourth-order valence-corrected chi connectivity index (χ4v) is 5.78. The summed E-state index contributed by atoms with van der Waals surface area (Å²) in [4.78, 5) is 29.0. The molecule has 1 aliphatic heterocycles. The summed E-state index contributed by atoms with van der Waals surface area (Å²) in [5.41, 5.74) is -2.36. The Morgan fingerprint density at radius 1 is 1.07 bits per heavy atom. The lowest BCUT2D eigenvalue weighted by atomic mass is 9.66. The van der Waals surface area contributed by atoms with Crippen molar-refractivity contribution in [3.05, 3.63) is 53.1 Å². The number of hydrogen-bond acceptors (Lipinski definition) is 7. The van der Waals surface area contributed by atoms with Gasteiger partial charge in [-0.1, -0.05) is 6.07 Å². The van der Waals surface area contributed by atoms with Crippen molar-refractivity contribution in [2.75, 3.05) is 25.8 Å². The summed E-state index contributed by atoms with van der Waals surface area (Å²) in [5, 5.41) is 14.8. The minimum absolute atomic E-state index is 0.0995. The van der Waals surface area contributed by atoms with Gasteiger partial charge < -0.3 is 24.9 Å². The maximum atomic E-state index is 13.5. The van der Waals surface area contributed by atoms with Crippen LogP contribution in [0.3, 0.4) is 0 Å². The topological polar surface area (TPSA) is 113 Å². The van der Waals surface area contributed by atoms with Gasteiger partial charge in [-0.2, -0.15) is 31.6 Å². The van der Waals surface area contributed by atoms with E-state index in [0.717, 1.165) is 18.1 Å². The maximum absolute atomic E-state index is 13.5. The van der Waals surface area contributed by atoms with Gasteiger partial charge in [-0.3, -0.25) is 0 Å². The molecule has 2 aromatic rings. The minimum atomic E-state index is -5.54. The van der Waals surface area contributed by atoms with Gasteiger partial charge in [0.25, 0.3) is 0 Å². The average Bonchev–Trinajstić information content (AvgIpc) is 3.36. The highest BCUT2D eigenvalue weighted by Crippen LogP contribution is 2.46. The van der Waals surface area contributed by atoms with Crippen LogP contribution in [0.2, 0.25) is 0 Å². The van der Waals surface area contributed by atoms with E-state index < -0.39 is 47.2 Å². The zero-order chi connectivity index (χ0) is 31.6. The van der Waals surface area contributed by atoms with Crippen LogP contribution in [0, 0.1) is 16.7 Å². The summed E-state index contributed by atoms with van der Waals surface area (Å²) < 4.78 is 90.3. The molecule has 0 unspecified atom stereocenters. The lowest BCUT2D eigenvalue weighted by molar-refractivity contribution is -0.199. The predicted molar refractivity (Wildman–Crippen MR) is 139 cm³/mol. The number of nitrogens with one attached hydrogen (secondary N) is 2. The van der Waals surface area contributed by atoms with Crippen LogP contribution < -0.4 is 25.2 Å². The SMILES string of the molecule is COc1ccc(C[C@]23CCN[C@@H]2C[C@@H](NC(=O)N(OC(=O)C(F)(F)F)c2ccc(C#N)c(C(F)(F)F)c2)CC3)cc1OC. The molecule has 15 heteroatoms. The van der Waals surface area contributed by atoms with Gasteiger partial charge in [0.1, 0.15) is 0 Å². The second-order valence-corrected chi connectivity index (χ2v) is 10.4. The van der Waals surface area contributed by atoms with E-state index in [1.165, 1.54) is 20.3 Å². The molecule has 0 radical (unpaired) electrons. The van der Waals surface area contributed by atoms with Crippen LogP contribution in [0.5, 0.6) is 11.5 Å². The number of carbonyl (C=O) groups excluding carboxylic acids is 2. The lowest BCUT2D eigenvalue weighted by Gasteiger charge is -2.43. The molecular formula is C28H28F6N4O5. The molecular weight excluding hydrogens is 586 g/mol. The second-order valence-electron chi connectivity index (χ2n) is 10.4. The molecule has 1 heterocycles. The van der Waals surface area contributed by atoms with Crippen LogP contribution >= 0.6 is 0 Å². The molecule has 43 heavy (non-hydrogen) atoms. The number of urea groups is 1. The van der Waals surface area contributed by atoms with E-state index in [1.807, 2.05) is 12.1 Å². The number of anilines is 1. The normalized spacial score (nSPS) is 21.7. The molecule has 2 aliphatic rings. The number of nitriles is 1. The zero-order valence-electron chi connectivity index (χ0n) is 23.1. The maximum Gasteiger partial charge on any atom is 0.493 e. The Morgan fingerprint density at radius 2 is 1.79 bits per heavy atom. The molecule has 2 aromatic carbocycles. The van der Waals surface area contributed by atoms with E-state index in [4.69, 9.17) is 14.7 Å². The first-order valence-corrected chi connectivity index (χ1v) is 13.2. The molecule has 2 fully saturated rings. The number of carbonyl (C=O) groups is 2. The molecule has 3 atom stereocenters.